The van der Waals surface area contributed by atoms with Crippen molar-refractivity contribution in [3.8, 4) is 11.3 Å². The SMILES string of the molecule is Nc1ccccc1C(=O)N/N=C\c1ccc(-c2ccc([N+](=O)[O-])cc2)o1. The van der Waals surface area contributed by atoms with Crippen molar-refractivity contribution >= 4 is 23.5 Å². The predicted molar refractivity (Wildman–Crippen MR) is 96.7 cm³/mol. The zero-order chi connectivity index (χ0) is 18.5. The second kappa shape index (κ2) is 7.31. The summed E-state index contributed by atoms with van der Waals surface area (Å²) in [6.07, 6.45) is 1.35. The van der Waals surface area contributed by atoms with Gasteiger partial charge in [0.1, 0.15) is 11.5 Å². The monoisotopic (exact) mass is 350 g/mol. The summed E-state index contributed by atoms with van der Waals surface area (Å²) in [5.41, 5.74) is 9.49. The Labute approximate surface area is 148 Å². The van der Waals surface area contributed by atoms with Crippen LogP contribution in [0.2, 0.25) is 0 Å². The molecule has 0 atom stereocenters. The van der Waals surface area contributed by atoms with Crippen LogP contribution in [0.25, 0.3) is 11.3 Å². The minimum absolute atomic E-state index is 0.00462. The number of nitro groups is 1. The molecule has 3 N–H and O–H groups in total. The first-order valence-electron chi connectivity index (χ1n) is 7.57. The zero-order valence-corrected chi connectivity index (χ0v) is 13.5. The molecule has 8 nitrogen and oxygen atoms in total. The van der Waals surface area contributed by atoms with Crippen molar-refractivity contribution in [3.05, 3.63) is 82.1 Å². The van der Waals surface area contributed by atoms with Crippen LogP contribution < -0.4 is 11.2 Å². The molecule has 0 bridgehead atoms. The number of nitro benzene ring substituents is 1. The number of anilines is 1. The number of amides is 1. The van der Waals surface area contributed by atoms with Crippen LogP contribution in [-0.4, -0.2) is 17.0 Å². The average molecular weight is 350 g/mol. The first-order chi connectivity index (χ1) is 12.5. The fourth-order valence-electron chi connectivity index (χ4n) is 2.24. The number of nitrogens with two attached hydrogens (primary N) is 1. The van der Waals surface area contributed by atoms with E-state index >= 15 is 0 Å². The number of nitrogen functional groups attached to an aromatic ring is 1. The van der Waals surface area contributed by atoms with Gasteiger partial charge in [0.2, 0.25) is 0 Å². The maximum Gasteiger partial charge on any atom is 0.273 e. The van der Waals surface area contributed by atoms with Crippen molar-refractivity contribution in [2.24, 2.45) is 5.10 Å². The largest absolute Gasteiger partial charge is 0.455 e. The lowest BCUT2D eigenvalue weighted by Gasteiger charge is -2.02. The Balaban J connectivity index is 1.66. The van der Waals surface area contributed by atoms with E-state index in [1.54, 1.807) is 48.5 Å². The topological polar surface area (TPSA) is 124 Å². The van der Waals surface area contributed by atoms with Crippen molar-refractivity contribution in [3.63, 3.8) is 0 Å². The number of non-ortho nitro benzene ring substituents is 1. The number of hydrogen-bond donors (Lipinski definition) is 2. The molecule has 0 saturated heterocycles. The van der Waals surface area contributed by atoms with Gasteiger partial charge in [-0.15, -0.1) is 0 Å². The van der Waals surface area contributed by atoms with E-state index in [1.807, 2.05) is 0 Å². The molecule has 0 radical (unpaired) electrons. The average Bonchev–Trinajstić information content (AvgIpc) is 3.11. The Morgan fingerprint density at radius 2 is 1.85 bits per heavy atom. The molecular weight excluding hydrogens is 336 g/mol. The molecule has 0 saturated carbocycles. The molecule has 0 aliphatic rings. The van der Waals surface area contributed by atoms with Crippen molar-refractivity contribution in [1.82, 2.24) is 5.43 Å². The number of hydrogen-bond acceptors (Lipinski definition) is 6. The van der Waals surface area contributed by atoms with Crippen LogP contribution in [0.5, 0.6) is 0 Å². The Bertz CT molecular complexity index is 977. The van der Waals surface area contributed by atoms with Crippen LogP contribution in [-0.2, 0) is 0 Å². The van der Waals surface area contributed by atoms with Crippen LogP contribution in [0, 0.1) is 10.1 Å². The molecule has 3 rings (SSSR count). The number of carbonyl (C=O) groups excluding carboxylic acids is 1. The highest BCUT2D eigenvalue weighted by Gasteiger charge is 2.09. The minimum Gasteiger partial charge on any atom is -0.455 e. The van der Waals surface area contributed by atoms with Crippen molar-refractivity contribution in [2.75, 3.05) is 5.73 Å². The first-order valence-corrected chi connectivity index (χ1v) is 7.57. The van der Waals surface area contributed by atoms with E-state index in [2.05, 4.69) is 10.5 Å². The third kappa shape index (κ3) is 3.75. The van der Waals surface area contributed by atoms with Gasteiger partial charge in [-0.3, -0.25) is 14.9 Å². The third-order valence-corrected chi connectivity index (χ3v) is 3.55. The molecule has 3 aromatic rings. The van der Waals surface area contributed by atoms with Crippen LogP contribution in [0.1, 0.15) is 16.1 Å². The molecule has 1 aromatic heterocycles. The van der Waals surface area contributed by atoms with Crippen LogP contribution >= 0.6 is 0 Å². The van der Waals surface area contributed by atoms with E-state index in [-0.39, 0.29) is 5.69 Å². The van der Waals surface area contributed by atoms with Crippen molar-refractivity contribution in [1.29, 1.82) is 0 Å². The summed E-state index contributed by atoms with van der Waals surface area (Å²) in [5.74, 6) is 0.515. The summed E-state index contributed by atoms with van der Waals surface area (Å²) >= 11 is 0. The summed E-state index contributed by atoms with van der Waals surface area (Å²) < 4.78 is 5.59. The Morgan fingerprint density at radius 3 is 2.54 bits per heavy atom. The molecular formula is C18H14N4O4. The number of furan rings is 1. The molecule has 0 spiro atoms. The summed E-state index contributed by atoms with van der Waals surface area (Å²) in [5, 5.41) is 14.5. The van der Waals surface area contributed by atoms with E-state index in [0.29, 0.717) is 28.3 Å². The second-order valence-corrected chi connectivity index (χ2v) is 5.29. The van der Waals surface area contributed by atoms with Crippen LogP contribution in [0.15, 0.2) is 70.2 Å². The number of benzene rings is 2. The second-order valence-electron chi connectivity index (χ2n) is 5.29. The van der Waals surface area contributed by atoms with Crippen LogP contribution in [0.3, 0.4) is 0 Å². The van der Waals surface area contributed by atoms with E-state index in [0.717, 1.165) is 0 Å². The van der Waals surface area contributed by atoms with E-state index in [9.17, 15) is 14.9 Å². The maximum absolute atomic E-state index is 12.0. The number of hydrazone groups is 1. The first kappa shape index (κ1) is 16.9. The number of carbonyl (C=O) groups is 1. The van der Waals surface area contributed by atoms with E-state index in [1.165, 1.54) is 18.3 Å². The molecule has 1 amide bonds. The predicted octanol–water partition coefficient (Wildman–Crippen LogP) is 3.20. The molecule has 0 unspecified atom stereocenters. The molecule has 26 heavy (non-hydrogen) atoms. The van der Waals surface area contributed by atoms with E-state index in [4.69, 9.17) is 10.2 Å². The molecule has 0 aliphatic carbocycles. The van der Waals surface area contributed by atoms with Crippen LogP contribution in [0.4, 0.5) is 11.4 Å². The highest BCUT2D eigenvalue weighted by atomic mass is 16.6. The van der Waals surface area contributed by atoms with Gasteiger partial charge in [0, 0.05) is 23.4 Å². The molecule has 2 aromatic carbocycles. The fraction of sp³-hybridized carbons (Fsp3) is 0. The van der Waals surface area contributed by atoms with Gasteiger partial charge in [-0.25, -0.2) is 5.43 Å². The fourth-order valence-corrected chi connectivity index (χ4v) is 2.24. The van der Waals surface area contributed by atoms with Gasteiger partial charge in [-0.05, 0) is 36.4 Å². The van der Waals surface area contributed by atoms with E-state index < -0.39 is 10.8 Å². The lowest BCUT2D eigenvalue weighted by atomic mass is 10.1. The number of para-hydroxylation sites is 1. The maximum atomic E-state index is 12.0. The Morgan fingerprint density at radius 1 is 1.12 bits per heavy atom. The highest BCUT2D eigenvalue weighted by molar-refractivity contribution is 5.99. The smallest absolute Gasteiger partial charge is 0.273 e. The summed E-state index contributed by atoms with van der Waals surface area (Å²) in [7, 11) is 0. The quantitative estimate of drug-likeness (QED) is 0.316. The lowest BCUT2D eigenvalue weighted by Crippen LogP contribution is -2.18. The minimum atomic E-state index is -0.466. The highest BCUT2D eigenvalue weighted by Crippen LogP contribution is 2.24. The Kier molecular flexibility index (Phi) is 4.75. The number of rotatable bonds is 5. The lowest BCUT2D eigenvalue weighted by molar-refractivity contribution is -0.384. The molecule has 8 heteroatoms. The van der Waals surface area contributed by atoms with Gasteiger partial charge in [-0.1, -0.05) is 12.1 Å². The van der Waals surface area contributed by atoms with Crippen molar-refractivity contribution in [2.45, 2.75) is 0 Å². The van der Waals surface area contributed by atoms with Gasteiger partial charge in [-0.2, -0.15) is 5.10 Å². The standard InChI is InChI=1S/C18H14N4O4/c19-16-4-2-1-3-15(16)18(23)21-20-11-14-9-10-17(26-14)12-5-7-13(8-6-12)22(24)25/h1-11H,19H2,(H,21,23)/b20-11-. The van der Waals surface area contributed by atoms with Gasteiger partial charge in [0.05, 0.1) is 16.7 Å². The van der Waals surface area contributed by atoms with Gasteiger partial charge < -0.3 is 10.2 Å². The number of nitrogens with zero attached hydrogens (tertiary/aromatic N) is 2. The molecule has 0 aliphatic heterocycles. The van der Waals surface area contributed by atoms with Gasteiger partial charge >= 0.3 is 0 Å². The normalized spacial score (nSPS) is 10.8. The van der Waals surface area contributed by atoms with Crippen molar-refractivity contribution < 1.29 is 14.1 Å². The Hall–Kier alpha value is -3.94. The summed E-state index contributed by atoms with van der Waals surface area (Å²) in [6.45, 7) is 0. The third-order valence-electron chi connectivity index (χ3n) is 3.55. The van der Waals surface area contributed by atoms with Gasteiger partial charge in [0.15, 0.2) is 0 Å². The zero-order valence-electron chi connectivity index (χ0n) is 13.5. The molecule has 130 valence electrons. The molecule has 1 heterocycles. The summed E-state index contributed by atoms with van der Waals surface area (Å²) in [4.78, 5) is 22.2. The van der Waals surface area contributed by atoms with Gasteiger partial charge in [0.25, 0.3) is 11.6 Å². The number of nitrogens with one attached hydrogen (secondary N) is 1. The summed E-state index contributed by atoms with van der Waals surface area (Å²) in [6, 6.07) is 16.0. The molecule has 0 fully saturated rings.